The molecule has 0 saturated heterocycles. The predicted molar refractivity (Wildman–Crippen MR) is 76.4 cm³/mol. The highest BCUT2D eigenvalue weighted by Crippen LogP contribution is 2.23. The van der Waals surface area contributed by atoms with Crippen LogP contribution < -0.4 is 11.3 Å². The molecule has 0 aromatic heterocycles. The van der Waals surface area contributed by atoms with Crippen molar-refractivity contribution in [1.29, 1.82) is 0 Å². The summed E-state index contributed by atoms with van der Waals surface area (Å²) in [5.41, 5.74) is 5.54. The fraction of sp³-hybridized carbons (Fsp3) is 0.200. The van der Waals surface area contributed by atoms with Crippen molar-refractivity contribution >= 4 is 11.6 Å². The van der Waals surface area contributed by atoms with E-state index < -0.39 is 0 Å². The molecule has 0 spiro atoms. The minimum absolute atomic E-state index is 0.128. The van der Waals surface area contributed by atoms with Crippen molar-refractivity contribution in [2.75, 3.05) is 0 Å². The van der Waals surface area contributed by atoms with Gasteiger partial charge >= 0.3 is 0 Å². The molecular weight excluding hydrogens is 263 g/mol. The molecule has 2 rings (SSSR count). The molecule has 2 nitrogen and oxygen atoms in total. The van der Waals surface area contributed by atoms with Gasteiger partial charge < -0.3 is 0 Å². The van der Waals surface area contributed by atoms with Crippen LogP contribution >= 0.6 is 11.6 Å². The first-order valence-electron chi connectivity index (χ1n) is 6.07. The van der Waals surface area contributed by atoms with Crippen LogP contribution in [0.15, 0.2) is 42.5 Å². The maximum Gasteiger partial charge on any atom is 0.127 e. The molecule has 0 saturated carbocycles. The molecule has 0 amide bonds. The van der Waals surface area contributed by atoms with Crippen LogP contribution in [0.4, 0.5) is 4.39 Å². The van der Waals surface area contributed by atoms with Crippen LogP contribution in [0.5, 0.6) is 0 Å². The molecule has 0 aliphatic heterocycles. The molecule has 100 valence electrons. The van der Waals surface area contributed by atoms with Crippen molar-refractivity contribution in [3.63, 3.8) is 0 Å². The van der Waals surface area contributed by atoms with E-state index in [4.69, 9.17) is 17.4 Å². The Labute approximate surface area is 117 Å². The van der Waals surface area contributed by atoms with Gasteiger partial charge in [-0.2, -0.15) is 0 Å². The van der Waals surface area contributed by atoms with Gasteiger partial charge in [-0.25, -0.2) is 4.39 Å². The van der Waals surface area contributed by atoms with Crippen LogP contribution in [0.25, 0.3) is 0 Å². The van der Waals surface area contributed by atoms with Gasteiger partial charge in [-0.15, -0.1) is 0 Å². The van der Waals surface area contributed by atoms with Crippen LogP contribution in [-0.2, 0) is 6.42 Å². The van der Waals surface area contributed by atoms with Crippen LogP contribution in [0.2, 0.25) is 5.02 Å². The van der Waals surface area contributed by atoms with Crippen molar-refractivity contribution in [3.8, 4) is 0 Å². The fourth-order valence-electron chi connectivity index (χ4n) is 2.14. The molecule has 0 aliphatic rings. The normalized spacial score (nSPS) is 12.4. The molecule has 2 aromatic carbocycles. The summed E-state index contributed by atoms with van der Waals surface area (Å²) in [7, 11) is 0. The Bertz CT molecular complexity index is 572. The Morgan fingerprint density at radius 2 is 2.00 bits per heavy atom. The quantitative estimate of drug-likeness (QED) is 0.663. The van der Waals surface area contributed by atoms with Crippen LogP contribution in [0.3, 0.4) is 0 Å². The highest BCUT2D eigenvalue weighted by molar-refractivity contribution is 6.30. The summed E-state index contributed by atoms with van der Waals surface area (Å²) in [6.07, 6.45) is 0.477. The lowest BCUT2D eigenvalue weighted by atomic mass is 9.96. The summed E-state index contributed by atoms with van der Waals surface area (Å²) in [6, 6.07) is 12.5. The Kier molecular flexibility index (Phi) is 4.53. The largest absolute Gasteiger partial charge is 0.271 e. The minimum atomic E-state index is -0.304. The lowest BCUT2D eigenvalue weighted by Crippen LogP contribution is -2.30. The molecular formula is C15H16ClFN2. The fourth-order valence-corrected chi connectivity index (χ4v) is 2.30. The molecule has 0 bridgehead atoms. The van der Waals surface area contributed by atoms with Gasteiger partial charge in [-0.1, -0.05) is 41.9 Å². The average Bonchev–Trinajstić information content (AvgIpc) is 2.39. The molecule has 0 radical (unpaired) electrons. The zero-order valence-electron chi connectivity index (χ0n) is 10.7. The third-order valence-electron chi connectivity index (χ3n) is 3.20. The summed E-state index contributed by atoms with van der Waals surface area (Å²) in [4.78, 5) is 0. The lowest BCUT2D eigenvalue weighted by molar-refractivity contribution is 0.527. The second-order valence-corrected chi connectivity index (χ2v) is 4.95. The monoisotopic (exact) mass is 278 g/mol. The zero-order chi connectivity index (χ0) is 13.8. The number of hydrogen-bond acceptors (Lipinski definition) is 2. The summed E-state index contributed by atoms with van der Waals surface area (Å²) < 4.78 is 13.8. The number of halogens is 2. The van der Waals surface area contributed by atoms with Gasteiger partial charge in [0.05, 0.1) is 6.04 Å². The molecule has 19 heavy (non-hydrogen) atoms. The first-order valence-corrected chi connectivity index (χ1v) is 6.45. The topological polar surface area (TPSA) is 38.0 Å². The second-order valence-electron chi connectivity index (χ2n) is 4.52. The summed E-state index contributed by atoms with van der Waals surface area (Å²) in [5.74, 6) is 5.30. The standard InChI is InChI=1S/C15H16ClFN2/c1-10-4-2-3-5-13(10)15(19-18)8-11-6-7-12(16)9-14(11)17/h2-7,9,15,19H,8,18H2,1H3. The number of hydrogen-bond donors (Lipinski definition) is 2. The first kappa shape index (κ1) is 14.0. The van der Waals surface area contributed by atoms with Gasteiger partial charge in [-0.05, 0) is 42.2 Å². The third kappa shape index (κ3) is 3.32. The van der Waals surface area contributed by atoms with Gasteiger partial charge in [0.25, 0.3) is 0 Å². The van der Waals surface area contributed by atoms with Crippen molar-refractivity contribution in [2.45, 2.75) is 19.4 Å². The van der Waals surface area contributed by atoms with E-state index in [1.165, 1.54) is 6.07 Å². The van der Waals surface area contributed by atoms with E-state index in [0.29, 0.717) is 17.0 Å². The van der Waals surface area contributed by atoms with Gasteiger partial charge in [-0.3, -0.25) is 11.3 Å². The maximum absolute atomic E-state index is 13.8. The predicted octanol–water partition coefficient (Wildman–Crippen LogP) is 3.53. The highest BCUT2D eigenvalue weighted by atomic mass is 35.5. The molecule has 0 fully saturated rings. The average molecular weight is 279 g/mol. The number of rotatable bonds is 4. The van der Waals surface area contributed by atoms with E-state index in [9.17, 15) is 4.39 Å². The van der Waals surface area contributed by atoms with Gasteiger partial charge in [0.1, 0.15) is 5.82 Å². The van der Waals surface area contributed by atoms with E-state index in [1.807, 2.05) is 31.2 Å². The van der Waals surface area contributed by atoms with Crippen LogP contribution in [0.1, 0.15) is 22.7 Å². The van der Waals surface area contributed by atoms with E-state index in [2.05, 4.69) is 5.43 Å². The van der Waals surface area contributed by atoms with E-state index in [1.54, 1.807) is 12.1 Å². The van der Waals surface area contributed by atoms with E-state index in [-0.39, 0.29) is 11.9 Å². The molecule has 1 atom stereocenters. The molecule has 2 aromatic rings. The third-order valence-corrected chi connectivity index (χ3v) is 3.44. The van der Waals surface area contributed by atoms with Gasteiger partial charge in [0.2, 0.25) is 0 Å². The first-order chi connectivity index (χ1) is 9.11. The maximum atomic E-state index is 13.8. The van der Waals surface area contributed by atoms with Crippen molar-refractivity contribution in [1.82, 2.24) is 5.43 Å². The molecule has 0 heterocycles. The minimum Gasteiger partial charge on any atom is -0.271 e. The Morgan fingerprint density at radius 3 is 2.63 bits per heavy atom. The summed E-state index contributed by atoms with van der Waals surface area (Å²) >= 11 is 5.75. The van der Waals surface area contributed by atoms with E-state index >= 15 is 0 Å². The Morgan fingerprint density at radius 1 is 1.26 bits per heavy atom. The van der Waals surface area contributed by atoms with Crippen LogP contribution in [-0.4, -0.2) is 0 Å². The Hall–Kier alpha value is -1.42. The van der Waals surface area contributed by atoms with Gasteiger partial charge in [0, 0.05) is 5.02 Å². The number of benzene rings is 2. The number of hydrazine groups is 1. The molecule has 4 heteroatoms. The van der Waals surface area contributed by atoms with Crippen molar-refractivity contribution < 1.29 is 4.39 Å². The smallest absolute Gasteiger partial charge is 0.127 e. The number of nitrogens with one attached hydrogen (secondary N) is 1. The lowest BCUT2D eigenvalue weighted by Gasteiger charge is -2.19. The summed E-state index contributed by atoms with van der Waals surface area (Å²) in [6.45, 7) is 2.01. The highest BCUT2D eigenvalue weighted by Gasteiger charge is 2.15. The number of nitrogens with two attached hydrogens (primary N) is 1. The second kappa shape index (κ2) is 6.15. The van der Waals surface area contributed by atoms with E-state index in [0.717, 1.165) is 11.1 Å². The molecule has 0 aliphatic carbocycles. The Balaban J connectivity index is 2.27. The van der Waals surface area contributed by atoms with Crippen molar-refractivity contribution in [2.24, 2.45) is 5.84 Å². The summed E-state index contributed by atoms with van der Waals surface area (Å²) in [5, 5.41) is 0.398. The molecule has 3 N–H and O–H groups in total. The van der Waals surface area contributed by atoms with Gasteiger partial charge in [0.15, 0.2) is 0 Å². The molecule has 1 unspecified atom stereocenters. The van der Waals surface area contributed by atoms with Crippen LogP contribution in [0, 0.1) is 12.7 Å². The zero-order valence-corrected chi connectivity index (χ0v) is 11.4. The number of aryl methyl sites for hydroxylation is 1. The SMILES string of the molecule is Cc1ccccc1C(Cc1ccc(Cl)cc1F)NN. The van der Waals surface area contributed by atoms with Crippen molar-refractivity contribution in [3.05, 3.63) is 70.0 Å².